The summed E-state index contributed by atoms with van der Waals surface area (Å²) in [5.41, 5.74) is 2.06. The van der Waals surface area contributed by atoms with Gasteiger partial charge >= 0.3 is 0 Å². The Morgan fingerprint density at radius 3 is 2.55 bits per heavy atom. The summed E-state index contributed by atoms with van der Waals surface area (Å²) in [5.74, 6) is 2.25. The Hall–Kier alpha value is -3.13. The van der Waals surface area contributed by atoms with Crippen LogP contribution >= 0.6 is 12.2 Å². The van der Waals surface area contributed by atoms with Crippen molar-refractivity contribution in [3.8, 4) is 11.5 Å². The van der Waals surface area contributed by atoms with Crippen LogP contribution in [-0.4, -0.2) is 60.4 Å². The maximum absolute atomic E-state index is 5.67. The van der Waals surface area contributed by atoms with Gasteiger partial charge in [-0.2, -0.15) is 0 Å². The summed E-state index contributed by atoms with van der Waals surface area (Å²) in [6, 6.07) is 14.2. The summed E-state index contributed by atoms with van der Waals surface area (Å²) in [7, 11) is 3.27. The molecular formula is C23H27N5O2S. The zero-order valence-electron chi connectivity index (χ0n) is 17.9. The maximum Gasteiger partial charge on any atom is 0.169 e. The van der Waals surface area contributed by atoms with Gasteiger partial charge in [0.05, 0.1) is 19.7 Å². The Labute approximate surface area is 188 Å². The minimum absolute atomic E-state index is 0.663. The molecule has 0 unspecified atom stereocenters. The second kappa shape index (κ2) is 9.78. The van der Waals surface area contributed by atoms with E-state index < -0.39 is 0 Å². The first-order valence-electron chi connectivity index (χ1n) is 10.4. The molecule has 1 fully saturated rings. The van der Waals surface area contributed by atoms with Crippen LogP contribution in [0.15, 0.2) is 48.8 Å². The van der Waals surface area contributed by atoms with E-state index in [4.69, 9.17) is 21.7 Å². The smallest absolute Gasteiger partial charge is 0.169 e. The predicted octanol–water partition coefficient (Wildman–Crippen LogP) is 3.23. The van der Waals surface area contributed by atoms with E-state index in [2.05, 4.69) is 37.2 Å². The van der Waals surface area contributed by atoms with E-state index >= 15 is 0 Å². The largest absolute Gasteiger partial charge is 0.493 e. The van der Waals surface area contributed by atoms with Gasteiger partial charge < -0.3 is 24.6 Å². The van der Waals surface area contributed by atoms with Gasteiger partial charge in [-0.15, -0.1) is 0 Å². The van der Waals surface area contributed by atoms with Crippen LogP contribution in [0.3, 0.4) is 0 Å². The third-order valence-electron chi connectivity index (χ3n) is 5.49. The van der Waals surface area contributed by atoms with E-state index in [0.29, 0.717) is 11.5 Å². The summed E-state index contributed by atoms with van der Waals surface area (Å²) in [5, 5.41) is 5.14. The van der Waals surface area contributed by atoms with Crippen molar-refractivity contribution in [2.45, 2.75) is 13.0 Å². The van der Waals surface area contributed by atoms with E-state index in [0.717, 1.165) is 61.0 Å². The zero-order chi connectivity index (χ0) is 21.6. The maximum atomic E-state index is 5.67. The molecule has 0 saturated carbocycles. The number of hydrogen-bond acceptors (Lipinski definition) is 6. The van der Waals surface area contributed by atoms with E-state index in [1.54, 1.807) is 20.5 Å². The van der Waals surface area contributed by atoms with E-state index in [-0.39, 0.29) is 0 Å². The van der Waals surface area contributed by atoms with Crippen molar-refractivity contribution in [2.75, 3.05) is 45.3 Å². The number of nitrogens with one attached hydrogen (secondary N) is 1. The van der Waals surface area contributed by atoms with Gasteiger partial charge in [0.1, 0.15) is 12.1 Å². The molecule has 0 amide bonds. The first-order valence-corrected chi connectivity index (χ1v) is 10.8. The fraction of sp³-hybridized carbons (Fsp3) is 0.348. The molecule has 31 heavy (non-hydrogen) atoms. The number of aromatic nitrogens is 2. The number of fused-ring (bicyclic) bond motifs is 1. The first-order chi connectivity index (χ1) is 15.2. The summed E-state index contributed by atoms with van der Waals surface area (Å²) < 4.78 is 10.9. The van der Waals surface area contributed by atoms with Gasteiger partial charge in [-0.1, -0.05) is 30.3 Å². The number of methoxy groups -OCH3 is 2. The monoisotopic (exact) mass is 437 g/mol. The average molecular weight is 438 g/mol. The molecule has 3 aromatic rings. The SMILES string of the molecule is COc1cc2ncnc(N3CCCN(C(=S)NCc4ccccc4)CC3)c2cc1OC. The van der Waals surface area contributed by atoms with Crippen molar-refractivity contribution in [1.29, 1.82) is 0 Å². The lowest BCUT2D eigenvalue weighted by Crippen LogP contribution is -2.41. The van der Waals surface area contributed by atoms with Crippen LogP contribution in [0.25, 0.3) is 10.9 Å². The molecule has 2 heterocycles. The van der Waals surface area contributed by atoms with Crippen molar-refractivity contribution < 1.29 is 9.47 Å². The molecule has 0 radical (unpaired) electrons. The molecule has 1 aliphatic rings. The highest BCUT2D eigenvalue weighted by atomic mass is 32.1. The van der Waals surface area contributed by atoms with Crippen LogP contribution < -0.4 is 19.7 Å². The minimum Gasteiger partial charge on any atom is -0.493 e. The van der Waals surface area contributed by atoms with E-state index in [1.165, 1.54) is 5.56 Å². The number of anilines is 1. The summed E-state index contributed by atoms with van der Waals surface area (Å²) in [6.07, 6.45) is 2.60. The molecule has 7 nitrogen and oxygen atoms in total. The minimum atomic E-state index is 0.663. The summed E-state index contributed by atoms with van der Waals surface area (Å²) in [4.78, 5) is 13.6. The highest BCUT2D eigenvalue weighted by molar-refractivity contribution is 7.80. The van der Waals surface area contributed by atoms with Gasteiger partial charge in [0.2, 0.25) is 0 Å². The third kappa shape index (κ3) is 4.80. The Morgan fingerprint density at radius 2 is 1.77 bits per heavy atom. The highest BCUT2D eigenvalue weighted by Crippen LogP contribution is 2.34. The fourth-order valence-electron chi connectivity index (χ4n) is 3.84. The van der Waals surface area contributed by atoms with Gasteiger partial charge in [0.25, 0.3) is 0 Å². The molecule has 0 spiro atoms. The molecule has 0 aliphatic carbocycles. The van der Waals surface area contributed by atoms with Crippen molar-refractivity contribution in [3.05, 3.63) is 54.4 Å². The first kappa shape index (κ1) is 21.1. The molecule has 2 aromatic carbocycles. The third-order valence-corrected chi connectivity index (χ3v) is 5.89. The molecular weight excluding hydrogens is 410 g/mol. The van der Waals surface area contributed by atoms with Crippen LogP contribution in [0.2, 0.25) is 0 Å². The Kier molecular flexibility index (Phi) is 6.66. The van der Waals surface area contributed by atoms with Crippen LogP contribution in [0, 0.1) is 0 Å². The van der Waals surface area contributed by atoms with E-state index in [9.17, 15) is 0 Å². The molecule has 0 bridgehead atoms. The standard InChI is InChI=1S/C23H27N5O2S/c1-29-20-13-18-19(14-21(20)30-2)25-16-26-22(18)27-9-6-10-28(12-11-27)23(31)24-15-17-7-4-3-5-8-17/h3-5,7-8,13-14,16H,6,9-12,15H2,1-2H3,(H,24,31). The van der Waals surface area contributed by atoms with Crippen molar-refractivity contribution in [3.63, 3.8) is 0 Å². The number of thiocarbonyl (C=S) groups is 1. The molecule has 1 aliphatic heterocycles. The molecule has 1 saturated heterocycles. The second-order valence-electron chi connectivity index (χ2n) is 7.39. The van der Waals surface area contributed by atoms with Crippen LogP contribution in [0.1, 0.15) is 12.0 Å². The molecule has 8 heteroatoms. The number of rotatable bonds is 5. The average Bonchev–Trinajstić information content (AvgIpc) is 3.08. The van der Waals surface area contributed by atoms with Gasteiger partial charge in [-0.25, -0.2) is 9.97 Å². The van der Waals surface area contributed by atoms with Crippen LogP contribution in [0.4, 0.5) is 5.82 Å². The second-order valence-corrected chi connectivity index (χ2v) is 7.78. The topological polar surface area (TPSA) is 62.8 Å². The molecule has 1 aromatic heterocycles. The predicted molar refractivity (Wildman–Crippen MR) is 127 cm³/mol. The normalized spacial score (nSPS) is 14.3. The van der Waals surface area contributed by atoms with Gasteiger partial charge in [0, 0.05) is 44.2 Å². The Balaban J connectivity index is 1.47. The highest BCUT2D eigenvalue weighted by Gasteiger charge is 2.20. The molecule has 162 valence electrons. The van der Waals surface area contributed by atoms with Crippen molar-refractivity contribution in [2.24, 2.45) is 0 Å². The summed E-state index contributed by atoms with van der Waals surface area (Å²) in [6.45, 7) is 4.21. The lowest BCUT2D eigenvalue weighted by Gasteiger charge is -2.25. The van der Waals surface area contributed by atoms with Gasteiger partial charge in [-0.05, 0) is 30.3 Å². The van der Waals surface area contributed by atoms with Crippen LogP contribution in [-0.2, 0) is 6.54 Å². The number of ether oxygens (including phenoxy) is 2. The van der Waals surface area contributed by atoms with Crippen molar-refractivity contribution in [1.82, 2.24) is 20.2 Å². The van der Waals surface area contributed by atoms with Gasteiger partial charge in [-0.3, -0.25) is 0 Å². The Bertz CT molecular complexity index is 1050. The number of benzene rings is 2. The molecule has 0 atom stereocenters. The number of nitrogens with zero attached hydrogens (tertiary/aromatic N) is 4. The molecule has 4 rings (SSSR count). The lowest BCUT2D eigenvalue weighted by atomic mass is 10.2. The Morgan fingerprint density at radius 1 is 1.00 bits per heavy atom. The number of hydrogen-bond donors (Lipinski definition) is 1. The lowest BCUT2D eigenvalue weighted by molar-refractivity contribution is 0.356. The zero-order valence-corrected chi connectivity index (χ0v) is 18.7. The van der Waals surface area contributed by atoms with Crippen LogP contribution in [0.5, 0.6) is 11.5 Å². The quantitative estimate of drug-likeness (QED) is 0.611. The van der Waals surface area contributed by atoms with E-state index in [1.807, 2.05) is 30.3 Å². The summed E-state index contributed by atoms with van der Waals surface area (Å²) >= 11 is 5.67. The van der Waals surface area contributed by atoms with Crippen molar-refractivity contribution >= 4 is 34.1 Å². The fourth-order valence-corrected chi connectivity index (χ4v) is 4.09. The molecule has 1 N–H and O–H groups in total. The van der Waals surface area contributed by atoms with Gasteiger partial charge in [0.15, 0.2) is 16.6 Å².